The average Bonchev–Trinajstić information content (AvgIpc) is 2.43. The molecule has 0 aliphatic heterocycles. The fourth-order valence-electron chi connectivity index (χ4n) is 1.34. The van der Waals surface area contributed by atoms with Crippen molar-refractivity contribution in [3.05, 3.63) is 0 Å². The Bertz CT molecular complexity index is 509. The standard InChI is InChI=1S/C11H9F13O2/c1-2-5(25)26-11(23,24)10(21,22)9(19,20)8(17,18)6(12,13)3-4-7(14,15)16/h2-4H2,1H3. The number of halogens is 13. The van der Waals surface area contributed by atoms with Crippen LogP contribution in [0.1, 0.15) is 26.2 Å². The highest BCUT2D eigenvalue weighted by Gasteiger charge is 2.87. The van der Waals surface area contributed by atoms with E-state index in [0.29, 0.717) is 6.92 Å². The maximum absolute atomic E-state index is 13.2. The number of carbonyl (C=O) groups is 1. The number of alkyl halides is 13. The molecule has 156 valence electrons. The van der Waals surface area contributed by atoms with Crippen LogP contribution in [-0.4, -0.2) is 41.9 Å². The van der Waals surface area contributed by atoms with Crippen molar-refractivity contribution >= 4 is 5.97 Å². The number of esters is 1. The van der Waals surface area contributed by atoms with E-state index in [4.69, 9.17) is 0 Å². The zero-order chi connectivity index (χ0) is 21.4. The zero-order valence-electron chi connectivity index (χ0n) is 12.4. The van der Waals surface area contributed by atoms with Crippen molar-refractivity contribution in [3.63, 3.8) is 0 Å². The molecule has 0 fully saturated rings. The number of ether oxygens (including phenoxy) is 1. The van der Waals surface area contributed by atoms with Gasteiger partial charge in [-0.05, 0) is 0 Å². The lowest BCUT2D eigenvalue weighted by Gasteiger charge is -2.38. The minimum absolute atomic E-state index is 0.717. The molecule has 0 aliphatic rings. The molecule has 2 nitrogen and oxygen atoms in total. The van der Waals surface area contributed by atoms with E-state index in [1.165, 1.54) is 0 Å². The molecule has 0 bridgehead atoms. The van der Waals surface area contributed by atoms with Crippen molar-refractivity contribution in [2.45, 2.75) is 62.2 Å². The van der Waals surface area contributed by atoms with Gasteiger partial charge in [0.05, 0.1) is 0 Å². The number of carbonyl (C=O) groups excluding carboxylic acids is 1. The third kappa shape index (κ3) is 4.45. The lowest BCUT2D eigenvalue weighted by Crippen LogP contribution is -2.68. The van der Waals surface area contributed by atoms with E-state index in [2.05, 4.69) is 4.74 Å². The molecule has 0 N–H and O–H groups in total. The lowest BCUT2D eigenvalue weighted by molar-refractivity contribution is -0.437. The van der Waals surface area contributed by atoms with Gasteiger partial charge in [-0.1, -0.05) is 6.92 Å². The van der Waals surface area contributed by atoms with Crippen LogP contribution in [0.4, 0.5) is 57.1 Å². The van der Waals surface area contributed by atoms with E-state index in [1.54, 1.807) is 0 Å². The molecular formula is C11H9F13O2. The summed E-state index contributed by atoms with van der Waals surface area (Å²) in [6.45, 7) is 0.717. The van der Waals surface area contributed by atoms with Crippen molar-refractivity contribution in [2.75, 3.05) is 0 Å². The van der Waals surface area contributed by atoms with Gasteiger partial charge in [0.15, 0.2) is 0 Å². The van der Waals surface area contributed by atoms with Crippen molar-refractivity contribution < 1.29 is 66.6 Å². The monoisotopic (exact) mass is 420 g/mol. The first-order valence-corrected chi connectivity index (χ1v) is 6.34. The fraction of sp³-hybridized carbons (Fsp3) is 0.909. The first kappa shape index (κ1) is 24.6. The normalized spacial score (nSPS) is 15.2. The predicted molar refractivity (Wildman–Crippen MR) is 56.4 cm³/mol. The summed E-state index contributed by atoms with van der Waals surface area (Å²) in [5.41, 5.74) is 0. The highest BCUT2D eigenvalue weighted by Crippen LogP contribution is 2.58. The first-order chi connectivity index (χ1) is 11.2. The molecule has 0 unspecified atom stereocenters. The quantitative estimate of drug-likeness (QED) is 0.388. The van der Waals surface area contributed by atoms with Crippen LogP contribution in [0.15, 0.2) is 0 Å². The topological polar surface area (TPSA) is 26.3 Å². The number of hydrogen-bond donors (Lipinski definition) is 0. The smallest absolute Gasteiger partial charge is 0.396 e. The van der Waals surface area contributed by atoms with E-state index in [9.17, 15) is 61.9 Å². The summed E-state index contributed by atoms with van der Waals surface area (Å²) in [5.74, 6) is -31.0. The Morgan fingerprint density at radius 1 is 0.692 bits per heavy atom. The third-order valence-corrected chi connectivity index (χ3v) is 2.87. The lowest BCUT2D eigenvalue weighted by atomic mass is 9.95. The van der Waals surface area contributed by atoms with Gasteiger partial charge in [0.1, 0.15) is 0 Å². The van der Waals surface area contributed by atoms with Crippen molar-refractivity contribution in [1.82, 2.24) is 0 Å². The molecule has 0 aliphatic carbocycles. The first-order valence-electron chi connectivity index (χ1n) is 6.34. The molecule has 15 heteroatoms. The van der Waals surface area contributed by atoms with Gasteiger partial charge in [-0.2, -0.15) is 57.1 Å². The minimum Gasteiger partial charge on any atom is -0.396 e. The molecule has 0 spiro atoms. The Balaban J connectivity index is 5.89. The minimum atomic E-state index is -7.59. The highest BCUT2D eigenvalue weighted by atomic mass is 19.4. The Hall–Kier alpha value is -1.44. The molecule has 0 amide bonds. The van der Waals surface area contributed by atoms with Crippen LogP contribution in [0.5, 0.6) is 0 Å². The number of hydrogen-bond acceptors (Lipinski definition) is 2. The molecule has 0 aromatic heterocycles. The van der Waals surface area contributed by atoms with Crippen molar-refractivity contribution in [2.24, 2.45) is 0 Å². The van der Waals surface area contributed by atoms with Gasteiger partial charge in [-0.3, -0.25) is 4.79 Å². The van der Waals surface area contributed by atoms with E-state index in [-0.39, 0.29) is 0 Å². The van der Waals surface area contributed by atoms with Gasteiger partial charge in [0, 0.05) is 19.3 Å². The molecule has 0 aromatic rings. The summed E-state index contributed by atoms with van der Waals surface area (Å²) >= 11 is 0. The van der Waals surface area contributed by atoms with Crippen LogP contribution in [0.3, 0.4) is 0 Å². The van der Waals surface area contributed by atoms with E-state index in [0.717, 1.165) is 0 Å². The van der Waals surface area contributed by atoms with Crippen LogP contribution in [-0.2, 0) is 9.53 Å². The predicted octanol–water partition coefficient (Wildman–Crippen LogP) is 5.42. The Morgan fingerprint density at radius 2 is 1.12 bits per heavy atom. The SMILES string of the molecule is CCC(=O)OC(F)(F)C(F)(F)C(F)(F)C(F)(F)C(F)(F)CCC(F)(F)F. The van der Waals surface area contributed by atoms with Crippen molar-refractivity contribution in [1.29, 1.82) is 0 Å². The summed E-state index contributed by atoms with van der Waals surface area (Å²) in [6, 6.07) is 0. The largest absolute Gasteiger partial charge is 0.473 e. The van der Waals surface area contributed by atoms with Gasteiger partial charge >= 0.3 is 41.9 Å². The Kier molecular flexibility index (Phi) is 6.56. The Labute approximate surface area is 136 Å². The average molecular weight is 420 g/mol. The molecule has 26 heavy (non-hydrogen) atoms. The second-order valence-electron chi connectivity index (χ2n) is 4.89. The molecule has 0 saturated carbocycles. The van der Waals surface area contributed by atoms with Gasteiger partial charge < -0.3 is 4.74 Å². The Morgan fingerprint density at radius 3 is 1.46 bits per heavy atom. The van der Waals surface area contributed by atoms with Crippen LogP contribution in [0, 0.1) is 0 Å². The number of rotatable bonds is 8. The summed E-state index contributed by atoms with van der Waals surface area (Å²) in [5, 5.41) is 0. The van der Waals surface area contributed by atoms with Crippen LogP contribution < -0.4 is 0 Å². The summed E-state index contributed by atoms with van der Waals surface area (Å²) in [4.78, 5) is 10.5. The second-order valence-corrected chi connectivity index (χ2v) is 4.89. The second kappa shape index (κ2) is 6.94. The maximum Gasteiger partial charge on any atom is 0.473 e. The van der Waals surface area contributed by atoms with Gasteiger partial charge in [-0.25, -0.2) is 0 Å². The molecule has 0 radical (unpaired) electrons. The highest BCUT2D eigenvalue weighted by molar-refractivity contribution is 5.69. The third-order valence-electron chi connectivity index (χ3n) is 2.87. The van der Waals surface area contributed by atoms with Gasteiger partial charge in [-0.15, -0.1) is 0 Å². The summed E-state index contributed by atoms with van der Waals surface area (Å²) in [7, 11) is 0. The molecule has 0 atom stereocenters. The fourth-order valence-corrected chi connectivity index (χ4v) is 1.34. The van der Waals surface area contributed by atoms with Gasteiger partial charge in [0.2, 0.25) is 0 Å². The zero-order valence-corrected chi connectivity index (χ0v) is 12.4. The molecular weight excluding hydrogens is 411 g/mol. The van der Waals surface area contributed by atoms with Crippen LogP contribution in [0.25, 0.3) is 0 Å². The van der Waals surface area contributed by atoms with Crippen molar-refractivity contribution in [3.8, 4) is 0 Å². The molecule has 0 heterocycles. The molecule has 0 aromatic carbocycles. The van der Waals surface area contributed by atoms with Gasteiger partial charge in [0.25, 0.3) is 0 Å². The molecule has 0 rings (SSSR count). The van der Waals surface area contributed by atoms with Crippen LogP contribution >= 0.6 is 0 Å². The van der Waals surface area contributed by atoms with E-state index >= 15 is 0 Å². The summed E-state index contributed by atoms with van der Waals surface area (Å²) < 4.78 is 169. The summed E-state index contributed by atoms with van der Waals surface area (Å²) in [6.07, 6.45) is -19.2. The maximum atomic E-state index is 13.2. The van der Waals surface area contributed by atoms with Crippen LogP contribution in [0.2, 0.25) is 0 Å². The van der Waals surface area contributed by atoms with E-state index < -0.39 is 61.2 Å². The van der Waals surface area contributed by atoms with E-state index in [1.807, 2.05) is 0 Å². The molecule has 0 saturated heterocycles.